The highest BCUT2D eigenvalue weighted by Gasteiger charge is 2.24. The van der Waals surface area contributed by atoms with Crippen molar-refractivity contribution in [3.63, 3.8) is 0 Å². The summed E-state index contributed by atoms with van der Waals surface area (Å²) in [7, 11) is 0. The van der Waals surface area contributed by atoms with E-state index in [-0.39, 0.29) is 0 Å². The van der Waals surface area contributed by atoms with Crippen LogP contribution in [0.15, 0.2) is 0 Å². The first-order valence-electron chi connectivity index (χ1n) is 7.93. The Morgan fingerprint density at radius 3 is 2.00 bits per heavy atom. The van der Waals surface area contributed by atoms with E-state index in [2.05, 4.69) is 58.7 Å². The van der Waals surface area contributed by atoms with Crippen LogP contribution in [0.1, 0.15) is 67.7 Å². The van der Waals surface area contributed by atoms with E-state index in [9.17, 15) is 0 Å². The molecular formula is C16H36N2. The zero-order chi connectivity index (χ0) is 14.1. The van der Waals surface area contributed by atoms with Crippen LogP contribution in [0.5, 0.6) is 0 Å². The second kappa shape index (κ2) is 9.80. The van der Waals surface area contributed by atoms with Crippen molar-refractivity contribution in [3.8, 4) is 0 Å². The van der Waals surface area contributed by atoms with Gasteiger partial charge in [-0.25, -0.2) is 0 Å². The number of unbranched alkanes of at least 4 members (excludes halogenated alkanes) is 1. The lowest BCUT2D eigenvalue weighted by Crippen LogP contribution is -2.50. The van der Waals surface area contributed by atoms with Gasteiger partial charge in [0, 0.05) is 24.7 Å². The Hall–Kier alpha value is -0.0800. The fourth-order valence-electron chi connectivity index (χ4n) is 2.38. The highest BCUT2D eigenvalue weighted by atomic mass is 15.2. The average molecular weight is 256 g/mol. The molecule has 0 spiro atoms. The molecule has 0 aromatic rings. The maximum Gasteiger partial charge on any atom is 0.0246 e. The summed E-state index contributed by atoms with van der Waals surface area (Å²) >= 11 is 0. The van der Waals surface area contributed by atoms with E-state index in [0.29, 0.717) is 24.0 Å². The summed E-state index contributed by atoms with van der Waals surface area (Å²) in [6.07, 6.45) is 3.85. The maximum atomic E-state index is 3.62. The van der Waals surface area contributed by atoms with Gasteiger partial charge in [-0.3, -0.25) is 4.90 Å². The average Bonchev–Trinajstić information content (AvgIpc) is 2.31. The fraction of sp³-hybridized carbons (Fsp3) is 1.00. The van der Waals surface area contributed by atoms with Gasteiger partial charge in [-0.15, -0.1) is 0 Å². The summed E-state index contributed by atoms with van der Waals surface area (Å²) in [6.45, 7) is 18.5. The lowest BCUT2D eigenvalue weighted by atomic mass is 9.99. The van der Waals surface area contributed by atoms with Crippen LogP contribution < -0.4 is 5.32 Å². The second-order valence-corrected chi connectivity index (χ2v) is 6.22. The van der Waals surface area contributed by atoms with Gasteiger partial charge in [0.15, 0.2) is 0 Å². The quantitative estimate of drug-likeness (QED) is 0.637. The highest BCUT2D eigenvalue weighted by Crippen LogP contribution is 2.17. The van der Waals surface area contributed by atoms with Crippen LogP contribution in [0.2, 0.25) is 0 Å². The van der Waals surface area contributed by atoms with Crippen molar-refractivity contribution in [1.82, 2.24) is 10.2 Å². The summed E-state index contributed by atoms with van der Waals surface area (Å²) in [5, 5.41) is 3.62. The Morgan fingerprint density at radius 1 is 1.00 bits per heavy atom. The molecular weight excluding hydrogens is 220 g/mol. The molecule has 2 unspecified atom stereocenters. The molecule has 0 bridgehead atoms. The normalized spacial score (nSPS) is 15.7. The van der Waals surface area contributed by atoms with Crippen molar-refractivity contribution in [1.29, 1.82) is 0 Å². The Morgan fingerprint density at radius 2 is 1.61 bits per heavy atom. The smallest absolute Gasteiger partial charge is 0.0246 e. The molecule has 0 fully saturated rings. The molecule has 0 radical (unpaired) electrons. The zero-order valence-corrected chi connectivity index (χ0v) is 13.8. The fourth-order valence-corrected chi connectivity index (χ4v) is 2.38. The molecule has 0 aromatic heterocycles. The minimum atomic E-state index is 0.580. The molecule has 2 nitrogen and oxygen atoms in total. The van der Waals surface area contributed by atoms with E-state index in [1.807, 2.05) is 0 Å². The third kappa shape index (κ3) is 6.75. The molecule has 0 aromatic carbocycles. The van der Waals surface area contributed by atoms with Crippen LogP contribution in [0.3, 0.4) is 0 Å². The molecule has 0 heterocycles. The molecule has 0 aliphatic heterocycles. The SMILES string of the molecule is CCCCN(C(C)CC)C(CNC(C)C)C(C)C. The topological polar surface area (TPSA) is 15.3 Å². The van der Waals surface area contributed by atoms with Gasteiger partial charge >= 0.3 is 0 Å². The molecule has 0 amide bonds. The zero-order valence-electron chi connectivity index (χ0n) is 13.8. The third-order valence-electron chi connectivity index (χ3n) is 3.86. The standard InChI is InChI=1S/C16H36N2/c1-8-10-11-18(15(7)9-2)16(13(3)4)12-17-14(5)6/h13-17H,8-12H2,1-7H3. The summed E-state index contributed by atoms with van der Waals surface area (Å²) in [6, 6.07) is 1.93. The predicted octanol–water partition coefficient (Wildman–Crippen LogP) is 3.91. The van der Waals surface area contributed by atoms with Crippen molar-refractivity contribution >= 4 is 0 Å². The second-order valence-electron chi connectivity index (χ2n) is 6.22. The first kappa shape index (κ1) is 17.9. The molecule has 0 aliphatic carbocycles. The van der Waals surface area contributed by atoms with Crippen molar-refractivity contribution in [2.45, 2.75) is 85.9 Å². The number of rotatable bonds is 10. The van der Waals surface area contributed by atoms with Crippen molar-refractivity contribution in [2.24, 2.45) is 5.92 Å². The lowest BCUT2D eigenvalue weighted by molar-refractivity contribution is 0.102. The van der Waals surface area contributed by atoms with Gasteiger partial charge in [0.2, 0.25) is 0 Å². The van der Waals surface area contributed by atoms with Crippen molar-refractivity contribution in [2.75, 3.05) is 13.1 Å². The molecule has 2 heteroatoms. The van der Waals surface area contributed by atoms with Crippen LogP contribution in [-0.2, 0) is 0 Å². The van der Waals surface area contributed by atoms with Gasteiger partial charge in [-0.05, 0) is 32.2 Å². The number of nitrogens with one attached hydrogen (secondary N) is 1. The molecule has 18 heavy (non-hydrogen) atoms. The van der Waals surface area contributed by atoms with Crippen LogP contribution in [0, 0.1) is 5.92 Å². The molecule has 0 saturated carbocycles. The van der Waals surface area contributed by atoms with Gasteiger partial charge in [-0.2, -0.15) is 0 Å². The summed E-state index contributed by atoms with van der Waals surface area (Å²) in [5.74, 6) is 0.710. The molecule has 0 saturated heterocycles. The van der Waals surface area contributed by atoms with Crippen molar-refractivity contribution in [3.05, 3.63) is 0 Å². The third-order valence-corrected chi connectivity index (χ3v) is 3.86. The molecule has 1 N–H and O–H groups in total. The van der Waals surface area contributed by atoms with Crippen LogP contribution >= 0.6 is 0 Å². The monoisotopic (exact) mass is 256 g/mol. The molecule has 2 atom stereocenters. The first-order valence-corrected chi connectivity index (χ1v) is 7.93. The Bertz CT molecular complexity index is 190. The number of nitrogens with zero attached hydrogens (tertiary/aromatic N) is 1. The van der Waals surface area contributed by atoms with Gasteiger partial charge in [0.05, 0.1) is 0 Å². The van der Waals surface area contributed by atoms with E-state index in [1.165, 1.54) is 25.8 Å². The van der Waals surface area contributed by atoms with Gasteiger partial charge in [0.25, 0.3) is 0 Å². The highest BCUT2D eigenvalue weighted by molar-refractivity contribution is 4.81. The van der Waals surface area contributed by atoms with Crippen LogP contribution in [0.25, 0.3) is 0 Å². The van der Waals surface area contributed by atoms with E-state index < -0.39 is 0 Å². The Labute approximate surface area is 116 Å². The largest absolute Gasteiger partial charge is 0.313 e. The summed E-state index contributed by atoms with van der Waals surface area (Å²) in [5.41, 5.74) is 0. The van der Waals surface area contributed by atoms with E-state index in [1.54, 1.807) is 0 Å². The van der Waals surface area contributed by atoms with Gasteiger partial charge in [0.1, 0.15) is 0 Å². The van der Waals surface area contributed by atoms with Gasteiger partial charge in [-0.1, -0.05) is 48.0 Å². The molecule has 0 rings (SSSR count). The van der Waals surface area contributed by atoms with Gasteiger partial charge < -0.3 is 5.32 Å². The van der Waals surface area contributed by atoms with Crippen molar-refractivity contribution < 1.29 is 0 Å². The predicted molar refractivity (Wildman–Crippen MR) is 83.1 cm³/mol. The molecule has 0 aliphatic rings. The lowest BCUT2D eigenvalue weighted by Gasteiger charge is -2.39. The van der Waals surface area contributed by atoms with Crippen LogP contribution in [0.4, 0.5) is 0 Å². The number of hydrogen-bond acceptors (Lipinski definition) is 2. The first-order chi connectivity index (χ1) is 8.43. The maximum absolute atomic E-state index is 3.62. The number of hydrogen-bond donors (Lipinski definition) is 1. The Kier molecular flexibility index (Phi) is 9.76. The summed E-state index contributed by atoms with van der Waals surface area (Å²) < 4.78 is 0. The van der Waals surface area contributed by atoms with E-state index in [0.717, 1.165) is 6.54 Å². The van der Waals surface area contributed by atoms with E-state index in [4.69, 9.17) is 0 Å². The minimum absolute atomic E-state index is 0.580. The van der Waals surface area contributed by atoms with Crippen LogP contribution in [-0.4, -0.2) is 36.1 Å². The Balaban J connectivity index is 4.62. The minimum Gasteiger partial charge on any atom is -0.313 e. The van der Waals surface area contributed by atoms with E-state index >= 15 is 0 Å². The molecule has 110 valence electrons. The summed E-state index contributed by atoms with van der Waals surface area (Å²) in [4.78, 5) is 2.73.